The Morgan fingerprint density at radius 1 is 1.75 bits per heavy atom. The Hall–Kier alpha value is -1.01. The molecular weight excluding hydrogens is 152 g/mol. The number of carbonyl (C=O) groups excluding carboxylic acids is 1. The molecule has 1 amide bonds. The molecule has 1 atom stereocenters. The van der Waals surface area contributed by atoms with Crippen LogP contribution in [0.4, 0.5) is 0 Å². The van der Waals surface area contributed by atoms with Gasteiger partial charge in [-0.1, -0.05) is 0 Å². The van der Waals surface area contributed by atoms with Crippen LogP contribution in [0.1, 0.15) is 19.8 Å². The van der Waals surface area contributed by atoms with Crippen molar-refractivity contribution in [2.75, 3.05) is 13.1 Å². The van der Waals surface area contributed by atoms with Gasteiger partial charge < -0.3 is 10.6 Å². The average molecular weight is 166 g/mol. The molecule has 3 heteroatoms. The highest BCUT2D eigenvalue weighted by molar-refractivity contribution is 5.78. The van der Waals surface area contributed by atoms with Gasteiger partial charge in [0.15, 0.2) is 0 Å². The Labute approximate surface area is 72.9 Å². The van der Waals surface area contributed by atoms with Crippen LogP contribution in [0.15, 0.2) is 0 Å². The van der Waals surface area contributed by atoms with E-state index in [0.717, 1.165) is 19.5 Å². The highest BCUT2D eigenvalue weighted by atomic mass is 16.1. The van der Waals surface area contributed by atoms with Gasteiger partial charge in [-0.05, 0) is 6.92 Å². The molecule has 0 radical (unpaired) electrons. The molecule has 2 N–H and O–H groups in total. The predicted octanol–water partition coefficient (Wildman–Crippen LogP) is -0.122. The van der Waals surface area contributed by atoms with Crippen molar-refractivity contribution in [2.45, 2.75) is 25.8 Å². The molecule has 0 aromatic carbocycles. The minimum absolute atomic E-state index is 0.147. The van der Waals surface area contributed by atoms with Crippen LogP contribution >= 0.6 is 0 Å². The molecule has 1 unspecified atom stereocenters. The fourth-order valence-corrected chi connectivity index (χ4v) is 1.21. The summed E-state index contributed by atoms with van der Waals surface area (Å²) in [5, 5.41) is 6.03. The van der Waals surface area contributed by atoms with Crippen LogP contribution in [0.3, 0.4) is 0 Å². The molecule has 1 fully saturated rings. The van der Waals surface area contributed by atoms with E-state index < -0.39 is 0 Å². The Bertz CT molecular complexity index is 214. The first-order valence-corrected chi connectivity index (χ1v) is 4.22. The zero-order chi connectivity index (χ0) is 8.81. The number of hydrogen-bond acceptors (Lipinski definition) is 2. The Kier molecular flexibility index (Phi) is 3.62. The van der Waals surface area contributed by atoms with Gasteiger partial charge in [-0.25, -0.2) is 0 Å². The highest BCUT2D eigenvalue weighted by Crippen LogP contribution is 1.98. The second kappa shape index (κ2) is 4.78. The van der Waals surface area contributed by atoms with E-state index in [1.165, 1.54) is 0 Å². The fourth-order valence-electron chi connectivity index (χ4n) is 1.21. The van der Waals surface area contributed by atoms with Crippen molar-refractivity contribution in [1.82, 2.24) is 10.6 Å². The topological polar surface area (TPSA) is 41.1 Å². The van der Waals surface area contributed by atoms with Gasteiger partial charge in [-0.3, -0.25) is 4.79 Å². The van der Waals surface area contributed by atoms with E-state index in [4.69, 9.17) is 0 Å². The number of amides is 1. The lowest BCUT2D eigenvalue weighted by molar-refractivity contribution is -0.119. The largest absolute Gasteiger partial charge is 0.354 e. The summed E-state index contributed by atoms with van der Waals surface area (Å²) < 4.78 is 0. The molecule has 0 bridgehead atoms. The normalized spacial score (nSPS) is 21.4. The van der Waals surface area contributed by atoms with Gasteiger partial charge in [-0.2, -0.15) is 0 Å². The van der Waals surface area contributed by atoms with E-state index in [2.05, 4.69) is 22.5 Å². The Morgan fingerprint density at radius 3 is 3.17 bits per heavy atom. The molecule has 66 valence electrons. The van der Waals surface area contributed by atoms with Crippen LogP contribution in [-0.2, 0) is 4.79 Å². The van der Waals surface area contributed by atoms with Crippen molar-refractivity contribution < 1.29 is 4.79 Å². The second-order valence-corrected chi connectivity index (χ2v) is 2.84. The van der Waals surface area contributed by atoms with Gasteiger partial charge in [0.25, 0.3) is 0 Å². The summed E-state index contributed by atoms with van der Waals surface area (Å²) in [5.41, 5.74) is 0. The monoisotopic (exact) mass is 166 g/mol. The quantitative estimate of drug-likeness (QED) is 0.453. The molecule has 0 spiro atoms. The highest BCUT2D eigenvalue weighted by Gasteiger charge is 2.19. The summed E-state index contributed by atoms with van der Waals surface area (Å²) in [4.78, 5) is 10.8. The van der Waals surface area contributed by atoms with Crippen molar-refractivity contribution in [1.29, 1.82) is 0 Å². The third-order valence-corrected chi connectivity index (χ3v) is 1.84. The Balaban J connectivity index is 2.06. The van der Waals surface area contributed by atoms with Crippen molar-refractivity contribution >= 4 is 5.91 Å². The van der Waals surface area contributed by atoms with Crippen LogP contribution in [0.25, 0.3) is 0 Å². The predicted molar refractivity (Wildman–Crippen MR) is 47.5 cm³/mol. The fraction of sp³-hybridized carbons (Fsp3) is 0.667. The first-order valence-electron chi connectivity index (χ1n) is 4.22. The number of carbonyl (C=O) groups is 1. The van der Waals surface area contributed by atoms with Gasteiger partial charge in [0.2, 0.25) is 5.91 Å². The van der Waals surface area contributed by atoms with Crippen LogP contribution in [0.5, 0.6) is 0 Å². The molecule has 0 aromatic rings. The molecule has 12 heavy (non-hydrogen) atoms. The average Bonchev–Trinajstić information content (AvgIpc) is 2.45. The summed E-state index contributed by atoms with van der Waals surface area (Å²) in [6.45, 7) is 3.47. The maximum atomic E-state index is 10.8. The van der Waals surface area contributed by atoms with Crippen molar-refractivity contribution in [3.63, 3.8) is 0 Å². The lowest BCUT2D eigenvalue weighted by Crippen LogP contribution is -2.31. The second-order valence-electron chi connectivity index (χ2n) is 2.84. The molecule has 0 aromatic heterocycles. The van der Waals surface area contributed by atoms with E-state index in [-0.39, 0.29) is 5.91 Å². The molecular formula is C9H14N2O. The molecule has 1 aliphatic heterocycles. The molecule has 3 nitrogen and oxygen atoms in total. The van der Waals surface area contributed by atoms with Crippen LogP contribution in [0.2, 0.25) is 0 Å². The molecule has 1 heterocycles. The minimum Gasteiger partial charge on any atom is -0.354 e. The van der Waals surface area contributed by atoms with Gasteiger partial charge in [0, 0.05) is 32.0 Å². The van der Waals surface area contributed by atoms with Gasteiger partial charge >= 0.3 is 0 Å². The van der Waals surface area contributed by atoms with Crippen molar-refractivity contribution in [3.05, 3.63) is 0 Å². The zero-order valence-electron chi connectivity index (χ0n) is 7.31. The van der Waals surface area contributed by atoms with Crippen LogP contribution in [-0.4, -0.2) is 25.0 Å². The first kappa shape index (κ1) is 9.08. The Morgan fingerprint density at radius 2 is 2.58 bits per heavy atom. The summed E-state index contributed by atoms with van der Waals surface area (Å²) in [6, 6.07) is 0.316. The lowest BCUT2D eigenvalue weighted by atomic mass is 10.2. The molecule has 1 saturated heterocycles. The summed E-state index contributed by atoms with van der Waals surface area (Å²) in [6.07, 6.45) is 1.47. The number of hydrogen-bond donors (Lipinski definition) is 2. The molecule has 1 rings (SSSR count). The third-order valence-electron chi connectivity index (χ3n) is 1.84. The summed E-state index contributed by atoms with van der Waals surface area (Å²) >= 11 is 0. The molecule has 0 aliphatic carbocycles. The SMILES string of the molecule is CC#CCCNC1CNC(=O)C1. The molecule has 0 saturated carbocycles. The van der Waals surface area contributed by atoms with E-state index in [9.17, 15) is 4.79 Å². The number of rotatable bonds is 3. The summed E-state index contributed by atoms with van der Waals surface area (Å²) in [5.74, 6) is 5.94. The lowest BCUT2D eigenvalue weighted by Gasteiger charge is -2.07. The standard InChI is InChI=1S/C9H14N2O/c1-2-3-4-5-10-8-6-9(12)11-7-8/h8,10H,4-7H2,1H3,(H,11,12). The van der Waals surface area contributed by atoms with E-state index in [1.807, 2.05) is 6.92 Å². The zero-order valence-corrected chi connectivity index (χ0v) is 7.31. The van der Waals surface area contributed by atoms with Gasteiger partial charge in [-0.15, -0.1) is 11.8 Å². The number of nitrogens with one attached hydrogen (secondary N) is 2. The summed E-state index contributed by atoms with van der Waals surface area (Å²) in [7, 11) is 0. The van der Waals surface area contributed by atoms with E-state index >= 15 is 0 Å². The van der Waals surface area contributed by atoms with Crippen LogP contribution in [0, 0.1) is 11.8 Å². The van der Waals surface area contributed by atoms with Gasteiger partial charge in [0.05, 0.1) is 0 Å². The van der Waals surface area contributed by atoms with E-state index in [1.54, 1.807) is 0 Å². The van der Waals surface area contributed by atoms with Gasteiger partial charge in [0.1, 0.15) is 0 Å². The maximum Gasteiger partial charge on any atom is 0.221 e. The maximum absolute atomic E-state index is 10.8. The minimum atomic E-state index is 0.147. The van der Waals surface area contributed by atoms with Crippen molar-refractivity contribution in [3.8, 4) is 11.8 Å². The van der Waals surface area contributed by atoms with Crippen molar-refractivity contribution in [2.24, 2.45) is 0 Å². The first-order chi connectivity index (χ1) is 5.83. The van der Waals surface area contributed by atoms with E-state index in [0.29, 0.717) is 12.5 Å². The molecule has 1 aliphatic rings. The smallest absolute Gasteiger partial charge is 0.221 e. The third kappa shape index (κ3) is 2.93. The van der Waals surface area contributed by atoms with Crippen LogP contribution < -0.4 is 10.6 Å².